The van der Waals surface area contributed by atoms with Crippen molar-refractivity contribution in [3.05, 3.63) is 102 Å². The van der Waals surface area contributed by atoms with Gasteiger partial charge < -0.3 is 30.3 Å². The molecule has 0 saturated heterocycles. The van der Waals surface area contributed by atoms with E-state index in [-0.39, 0.29) is 31.6 Å². The van der Waals surface area contributed by atoms with Gasteiger partial charge in [-0.15, -0.1) is 0 Å². The number of unbranched alkanes of at least 4 members (excludes halogenated alkanes) is 1. The number of ether oxygens (including phenoxy) is 2. The topological polar surface area (TPSA) is 134 Å². The van der Waals surface area contributed by atoms with Crippen molar-refractivity contribution in [2.45, 2.75) is 124 Å². The number of esters is 1. The molecular weight excluding hydrogens is 705 g/mol. The second kappa shape index (κ2) is 31.9. The lowest BCUT2D eigenvalue weighted by Gasteiger charge is -2.27. The number of aliphatic hydroxyl groups is 2. The molecule has 0 radical (unpaired) electrons. The summed E-state index contributed by atoms with van der Waals surface area (Å²) in [5, 5.41) is 24.6. The van der Waals surface area contributed by atoms with Crippen molar-refractivity contribution in [3.8, 4) is 5.75 Å². The second-order valence-corrected chi connectivity index (χ2v) is 14.8. The SMILES string of the molecule is CC/C=C\C/C=C\C/C=C\C/C=C\C/C=C\C/C=C\CCC(=O)NCCCCC(NC(=O)C(C)(C)CCCOc1cc(C)ccc1C)C(=O)OCC(CO)CO. The van der Waals surface area contributed by atoms with Gasteiger partial charge in [0.1, 0.15) is 11.8 Å². The van der Waals surface area contributed by atoms with Crippen molar-refractivity contribution in [2.24, 2.45) is 11.3 Å². The molecule has 9 heteroatoms. The van der Waals surface area contributed by atoms with Gasteiger partial charge in [0, 0.05) is 24.3 Å². The maximum atomic E-state index is 13.4. The smallest absolute Gasteiger partial charge is 0.328 e. The molecule has 9 nitrogen and oxygen atoms in total. The normalized spacial score (nSPS) is 13.0. The highest BCUT2D eigenvalue weighted by atomic mass is 16.5. The highest BCUT2D eigenvalue weighted by Gasteiger charge is 2.32. The van der Waals surface area contributed by atoms with Crippen LogP contribution in [0.5, 0.6) is 5.75 Å². The van der Waals surface area contributed by atoms with E-state index in [4.69, 9.17) is 9.47 Å². The molecule has 0 fully saturated rings. The summed E-state index contributed by atoms with van der Waals surface area (Å²) < 4.78 is 11.3. The third kappa shape index (κ3) is 25.0. The van der Waals surface area contributed by atoms with Crippen LogP contribution in [-0.2, 0) is 19.1 Å². The molecule has 1 rings (SSSR count). The summed E-state index contributed by atoms with van der Waals surface area (Å²) in [6.45, 7) is 9.96. The number of rotatable bonds is 31. The van der Waals surface area contributed by atoms with Crippen molar-refractivity contribution in [2.75, 3.05) is 33.0 Å². The zero-order valence-corrected chi connectivity index (χ0v) is 35.0. The largest absolute Gasteiger partial charge is 0.493 e. The lowest BCUT2D eigenvalue weighted by molar-refractivity contribution is -0.151. The Morgan fingerprint density at radius 1 is 0.786 bits per heavy atom. The molecule has 0 aliphatic rings. The Kier molecular flexibility index (Phi) is 28.4. The zero-order valence-electron chi connectivity index (χ0n) is 35.0. The Morgan fingerprint density at radius 3 is 1.93 bits per heavy atom. The molecule has 0 heterocycles. The molecule has 2 amide bonds. The number of nitrogens with one attached hydrogen (secondary N) is 2. The van der Waals surface area contributed by atoms with E-state index in [1.54, 1.807) is 0 Å². The lowest BCUT2D eigenvalue weighted by Crippen LogP contribution is -2.47. The Labute approximate surface area is 338 Å². The number of carbonyl (C=O) groups is 3. The summed E-state index contributed by atoms with van der Waals surface area (Å²) in [6.07, 6.45) is 35.4. The first-order chi connectivity index (χ1) is 27.0. The minimum absolute atomic E-state index is 0.0314. The number of amides is 2. The highest BCUT2D eigenvalue weighted by molar-refractivity contribution is 5.87. The van der Waals surface area contributed by atoms with Gasteiger partial charge in [-0.3, -0.25) is 9.59 Å². The third-order valence-electron chi connectivity index (χ3n) is 9.11. The molecule has 0 aliphatic carbocycles. The van der Waals surface area contributed by atoms with Crippen LogP contribution in [0, 0.1) is 25.2 Å². The lowest BCUT2D eigenvalue weighted by atomic mass is 9.86. The molecule has 1 atom stereocenters. The standard InChI is InChI=1S/C47H72N2O7/c1-6-7-8-9-10-11-12-13-14-15-16-17-18-19-20-21-22-23-24-29-44(52)48-33-26-25-28-42(45(53)56-38-41(36-50)37-51)49-46(54)47(4,5)32-27-34-55-43-35-39(2)30-31-40(43)3/h7-8,10-11,13-14,16-17,19-20,22-23,30-31,35,41-42,50-51H,6,9,12,15,18,21,24-29,32-34,36-38H2,1-5H3,(H,48,52)(H,49,54)/b8-7-,11-10-,14-13-,17-16-,20-19-,23-22-. The van der Waals surface area contributed by atoms with E-state index in [0.29, 0.717) is 58.1 Å². The van der Waals surface area contributed by atoms with Crippen molar-refractivity contribution >= 4 is 17.8 Å². The van der Waals surface area contributed by atoms with Crippen LogP contribution < -0.4 is 15.4 Å². The summed E-state index contributed by atoms with van der Waals surface area (Å²) >= 11 is 0. The molecule has 0 spiro atoms. The van der Waals surface area contributed by atoms with Crippen molar-refractivity contribution in [1.29, 1.82) is 0 Å². The maximum Gasteiger partial charge on any atom is 0.328 e. The molecule has 1 aromatic rings. The number of hydrogen-bond donors (Lipinski definition) is 4. The maximum absolute atomic E-state index is 13.4. The second-order valence-electron chi connectivity index (χ2n) is 14.8. The van der Waals surface area contributed by atoms with E-state index in [0.717, 1.165) is 55.4 Å². The van der Waals surface area contributed by atoms with Gasteiger partial charge in [-0.1, -0.05) is 106 Å². The third-order valence-corrected chi connectivity index (χ3v) is 9.11. The predicted octanol–water partition coefficient (Wildman–Crippen LogP) is 8.88. The number of aliphatic hydroxyl groups excluding tert-OH is 2. The first-order valence-electron chi connectivity index (χ1n) is 20.6. The molecule has 0 bridgehead atoms. The summed E-state index contributed by atoms with van der Waals surface area (Å²) in [5.41, 5.74) is 1.41. The first kappa shape index (κ1) is 49.8. The van der Waals surface area contributed by atoms with Gasteiger partial charge in [-0.2, -0.15) is 0 Å². The van der Waals surface area contributed by atoms with Gasteiger partial charge in [-0.25, -0.2) is 4.79 Å². The van der Waals surface area contributed by atoms with Gasteiger partial charge in [0.25, 0.3) is 0 Å². The number of aryl methyl sites for hydroxylation is 2. The molecule has 4 N–H and O–H groups in total. The molecule has 0 aliphatic heterocycles. The Morgan fingerprint density at radius 2 is 1.36 bits per heavy atom. The molecule has 1 unspecified atom stereocenters. The van der Waals surface area contributed by atoms with Crippen molar-refractivity contribution < 1.29 is 34.1 Å². The van der Waals surface area contributed by atoms with Crippen molar-refractivity contribution in [3.63, 3.8) is 0 Å². The zero-order chi connectivity index (χ0) is 41.3. The summed E-state index contributed by atoms with van der Waals surface area (Å²) in [4.78, 5) is 38.7. The fourth-order valence-electron chi connectivity index (χ4n) is 5.38. The van der Waals surface area contributed by atoms with E-state index in [1.807, 2.05) is 52.0 Å². The van der Waals surface area contributed by atoms with Crippen LogP contribution in [0.15, 0.2) is 91.1 Å². The molecule has 0 aromatic heterocycles. The summed E-state index contributed by atoms with van der Waals surface area (Å²) in [7, 11) is 0. The number of allylic oxidation sites excluding steroid dienone is 12. The fourth-order valence-corrected chi connectivity index (χ4v) is 5.38. The van der Waals surface area contributed by atoms with E-state index in [2.05, 4.69) is 84.4 Å². The van der Waals surface area contributed by atoms with E-state index >= 15 is 0 Å². The molecule has 56 heavy (non-hydrogen) atoms. The average molecular weight is 777 g/mol. The van der Waals surface area contributed by atoms with E-state index in [9.17, 15) is 24.6 Å². The Bertz CT molecular complexity index is 1420. The summed E-state index contributed by atoms with van der Waals surface area (Å²) in [6, 6.07) is 5.17. The van der Waals surface area contributed by atoms with Crippen LogP contribution in [-0.4, -0.2) is 67.0 Å². The predicted molar refractivity (Wildman–Crippen MR) is 229 cm³/mol. The minimum Gasteiger partial charge on any atom is -0.493 e. The fraction of sp³-hybridized carbons (Fsp3) is 0.553. The van der Waals surface area contributed by atoms with Gasteiger partial charge >= 0.3 is 5.97 Å². The number of benzene rings is 1. The van der Waals surface area contributed by atoms with Crippen LogP contribution in [0.1, 0.15) is 115 Å². The molecule has 312 valence electrons. The molecule has 1 aromatic carbocycles. The molecule has 0 saturated carbocycles. The first-order valence-corrected chi connectivity index (χ1v) is 20.6. The van der Waals surface area contributed by atoms with Crippen LogP contribution in [0.25, 0.3) is 0 Å². The monoisotopic (exact) mass is 777 g/mol. The average Bonchev–Trinajstić information content (AvgIpc) is 3.18. The quantitative estimate of drug-likeness (QED) is 0.0336. The van der Waals surface area contributed by atoms with Crippen LogP contribution in [0.2, 0.25) is 0 Å². The van der Waals surface area contributed by atoms with Crippen molar-refractivity contribution in [1.82, 2.24) is 10.6 Å². The van der Waals surface area contributed by atoms with Gasteiger partial charge in [0.2, 0.25) is 11.8 Å². The molecular formula is C47H72N2O7. The van der Waals surface area contributed by atoms with Crippen LogP contribution >= 0.6 is 0 Å². The minimum atomic E-state index is -0.894. The highest BCUT2D eigenvalue weighted by Crippen LogP contribution is 2.25. The van der Waals surface area contributed by atoms with E-state index < -0.39 is 23.3 Å². The van der Waals surface area contributed by atoms with Gasteiger partial charge in [-0.05, 0) is 108 Å². The number of hydrogen-bond acceptors (Lipinski definition) is 7. The Balaban J connectivity index is 2.38. The number of carbonyl (C=O) groups excluding carboxylic acids is 3. The van der Waals surface area contributed by atoms with E-state index in [1.165, 1.54) is 0 Å². The Hall–Kier alpha value is -4.21. The summed E-state index contributed by atoms with van der Waals surface area (Å²) in [5.74, 6) is -0.669. The van der Waals surface area contributed by atoms with Crippen LogP contribution in [0.3, 0.4) is 0 Å². The van der Waals surface area contributed by atoms with Gasteiger partial charge in [0.05, 0.1) is 26.4 Å². The van der Waals surface area contributed by atoms with Crippen LogP contribution in [0.4, 0.5) is 0 Å². The van der Waals surface area contributed by atoms with Gasteiger partial charge in [0.15, 0.2) is 0 Å².